The zero-order valence-electron chi connectivity index (χ0n) is 10.2. The molecule has 1 aliphatic rings. The summed E-state index contributed by atoms with van der Waals surface area (Å²) in [5.41, 5.74) is 1.34. The van der Waals surface area contributed by atoms with Crippen LogP contribution in [0.1, 0.15) is 24.4 Å². The van der Waals surface area contributed by atoms with Gasteiger partial charge in [0.2, 0.25) is 0 Å². The van der Waals surface area contributed by atoms with Gasteiger partial charge in [-0.25, -0.2) is 4.98 Å². The normalized spacial score (nSPS) is 19.0. The predicted molar refractivity (Wildman–Crippen MR) is 74.8 cm³/mol. The number of aromatic nitrogens is 1. The molecule has 1 N–H and O–H groups in total. The Labute approximate surface area is 112 Å². The SMILES string of the molecule is c1ccc(Sc2ncccc2C2CCCN2)cc1. The Hall–Kier alpha value is -1.32. The van der Waals surface area contributed by atoms with E-state index in [1.807, 2.05) is 18.3 Å². The molecule has 1 aliphatic heterocycles. The van der Waals surface area contributed by atoms with E-state index in [4.69, 9.17) is 0 Å². The van der Waals surface area contributed by atoms with E-state index in [-0.39, 0.29) is 0 Å². The second kappa shape index (κ2) is 5.55. The molecule has 1 saturated heterocycles. The van der Waals surface area contributed by atoms with Crippen molar-refractivity contribution in [1.29, 1.82) is 0 Å². The lowest BCUT2D eigenvalue weighted by atomic mass is 10.1. The first-order valence-corrected chi connectivity index (χ1v) is 7.16. The Morgan fingerprint density at radius 3 is 2.78 bits per heavy atom. The molecule has 2 aromatic rings. The lowest BCUT2D eigenvalue weighted by Gasteiger charge is -2.14. The number of nitrogens with zero attached hydrogens (tertiary/aromatic N) is 1. The van der Waals surface area contributed by atoms with Crippen LogP contribution < -0.4 is 5.32 Å². The zero-order chi connectivity index (χ0) is 12.2. The van der Waals surface area contributed by atoms with Gasteiger partial charge in [0, 0.05) is 22.7 Å². The summed E-state index contributed by atoms with van der Waals surface area (Å²) in [6, 6.07) is 15.1. The second-order valence-corrected chi connectivity index (χ2v) is 5.52. The molecule has 0 amide bonds. The molecule has 3 rings (SSSR count). The third kappa shape index (κ3) is 2.57. The van der Waals surface area contributed by atoms with E-state index in [1.165, 1.54) is 23.3 Å². The van der Waals surface area contributed by atoms with Crippen LogP contribution >= 0.6 is 11.8 Å². The summed E-state index contributed by atoms with van der Waals surface area (Å²) >= 11 is 1.75. The molecule has 92 valence electrons. The zero-order valence-corrected chi connectivity index (χ0v) is 11.0. The minimum atomic E-state index is 0.477. The van der Waals surface area contributed by atoms with Gasteiger partial charge in [0.05, 0.1) is 0 Å². The molecule has 0 spiro atoms. The van der Waals surface area contributed by atoms with Gasteiger partial charge in [-0.1, -0.05) is 36.0 Å². The molecule has 0 radical (unpaired) electrons. The molecule has 18 heavy (non-hydrogen) atoms. The fraction of sp³-hybridized carbons (Fsp3) is 0.267. The van der Waals surface area contributed by atoms with Crippen molar-refractivity contribution in [2.75, 3.05) is 6.54 Å². The highest BCUT2D eigenvalue weighted by Crippen LogP contribution is 2.34. The summed E-state index contributed by atoms with van der Waals surface area (Å²) in [4.78, 5) is 5.79. The van der Waals surface area contributed by atoms with E-state index in [2.05, 4.69) is 40.6 Å². The van der Waals surface area contributed by atoms with Gasteiger partial charge >= 0.3 is 0 Å². The first-order chi connectivity index (χ1) is 8.93. The Bertz CT molecular complexity index is 507. The highest BCUT2D eigenvalue weighted by Gasteiger charge is 2.19. The van der Waals surface area contributed by atoms with Crippen LogP contribution in [-0.2, 0) is 0 Å². The Morgan fingerprint density at radius 2 is 2.00 bits per heavy atom. The van der Waals surface area contributed by atoms with Crippen LogP contribution in [0.2, 0.25) is 0 Å². The average molecular weight is 256 g/mol. The molecular weight excluding hydrogens is 240 g/mol. The van der Waals surface area contributed by atoms with Crippen LogP contribution in [0.5, 0.6) is 0 Å². The number of benzene rings is 1. The number of hydrogen-bond acceptors (Lipinski definition) is 3. The summed E-state index contributed by atoms with van der Waals surface area (Å²) in [5, 5.41) is 4.67. The smallest absolute Gasteiger partial charge is 0.105 e. The molecule has 1 aromatic carbocycles. The van der Waals surface area contributed by atoms with Gasteiger partial charge in [-0.15, -0.1) is 0 Å². The molecule has 1 atom stereocenters. The van der Waals surface area contributed by atoms with Gasteiger partial charge < -0.3 is 5.32 Å². The third-order valence-corrected chi connectivity index (χ3v) is 4.24. The van der Waals surface area contributed by atoms with Crippen molar-refractivity contribution in [3.05, 3.63) is 54.2 Å². The highest BCUT2D eigenvalue weighted by molar-refractivity contribution is 7.99. The molecule has 0 bridgehead atoms. The predicted octanol–water partition coefficient (Wildman–Crippen LogP) is 3.66. The quantitative estimate of drug-likeness (QED) is 0.907. The van der Waals surface area contributed by atoms with Gasteiger partial charge in [0.15, 0.2) is 0 Å². The van der Waals surface area contributed by atoms with Crippen molar-refractivity contribution in [2.45, 2.75) is 28.8 Å². The lowest BCUT2D eigenvalue weighted by Crippen LogP contribution is -2.14. The molecule has 2 nitrogen and oxygen atoms in total. The minimum absolute atomic E-state index is 0.477. The summed E-state index contributed by atoms with van der Waals surface area (Å²) in [5.74, 6) is 0. The highest BCUT2D eigenvalue weighted by atomic mass is 32.2. The maximum atomic E-state index is 4.54. The Balaban J connectivity index is 1.87. The molecule has 1 unspecified atom stereocenters. The maximum absolute atomic E-state index is 4.54. The Kier molecular flexibility index (Phi) is 3.62. The summed E-state index contributed by atoms with van der Waals surface area (Å²) in [7, 11) is 0. The van der Waals surface area contributed by atoms with E-state index in [0.717, 1.165) is 11.6 Å². The monoisotopic (exact) mass is 256 g/mol. The van der Waals surface area contributed by atoms with Gasteiger partial charge in [0.1, 0.15) is 5.03 Å². The largest absolute Gasteiger partial charge is 0.310 e. The van der Waals surface area contributed by atoms with Crippen molar-refractivity contribution in [2.24, 2.45) is 0 Å². The number of nitrogens with one attached hydrogen (secondary N) is 1. The van der Waals surface area contributed by atoms with E-state index in [0.29, 0.717) is 6.04 Å². The number of rotatable bonds is 3. The molecule has 3 heteroatoms. The van der Waals surface area contributed by atoms with Gasteiger partial charge in [-0.2, -0.15) is 0 Å². The molecule has 2 heterocycles. The first-order valence-electron chi connectivity index (χ1n) is 6.35. The topological polar surface area (TPSA) is 24.9 Å². The van der Waals surface area contributed by atoms with Crippen LogP contribution in [0.15, 0.2) is 58.6 Å². The van der Waals surface area contributed by atoms with E-state index in [9.17, 15) is 0 Å². The van der Waals surface area contributed by atoms with Crippen LogP contribution in [0.4, 0.5) is 0 Å². The number of hydrogen-bond donors (Lipinski definition) is 1. The van der Waals surface area contributed by atoms with Crippen molar-refractivity contribution >= 4 is 11.8 Å². The average Bonchev–Trinajstić information content (AvgIpc) is 2.94. The molecule has 1 fully saturated rings. The molecule has 0 aliphatic carbocycles. The van der Waals surface area contributed by atoms with Crippen LogP contribution in [0, 0.1) is 0 Å². The van der Waals surface area contributed by atoms with Gasteiger partial charge in [-0.05, 0) is 37.6 Å². The Morgan fingerprint density at radius 1 is 1.11 bits per heavy atom. The number of pyridine rings is 1. The van der Waals surface area contributed by atoms with E-state index in [1.54, 1.807) is 11.8 Å². The summed E-state index contributed by atoms with van der Waals surface area (Å²) in [6.07, 6.45) is 4.35. The van der Waals surface area contributed by atoms with Gasteiger partial charge in [0.25, 0.3) is 0 Å². The third-order valence-electron chi connectivity index (χ3n) is 3.19. The first kappa shape index (κ1) is 11.8. The lowest BCUT2D eigenvalue weighted by molar-refractivity contribution is 0.629. The van der Waals surface area contributed by atoms with Crippen molar-refractivity contribution in [1.82, 2.24) is 10.3 Å². The molecule has 1 aromatic heterocycles. The summed E-state index contributed by atoms with van der Waals surface area (Å²) in [6.45, 7) is 1.12. The molecule has 0 saturated carbocycles. The van der Waals surface area contributed by atoms with Crippen molar-refractivity contribution in [3.8, 4) is 0 Å². The standard InChI is InChI=1S/C15H16N2S/c1-2-6-12(7-3-1)18-15-13(8-4-11-17-15)14-9-5-10-16-14/h1-4,6-8,11,14,16H,5,9-10H2. The van der Waals surface area contributed by atoms with Crippen molar-refractivity contribution < 1.29 is 0 Å². The van der Waals surface area contributed by atoms with E-state index >= 15 is 0 Å². The fourth-order valence-corrected chi connectivity index (χ4v) is 3.26. The van der Waals surface area contributed by atoms with Crippen molar-refractivity contribution in [3.63, 3.8) is 0 Å². The fourth-order valence-electron chi connectivity index (χ4n) is 2.30. The van der Waals surface area contributed by atoms with Crippen LogP contribution in [-0.4, -0.2) is 11.5 Å². The molecular formula is C15H16N2S. The second-order valence-electron chi connectivity index (χ2n) is 4.46. The maximum Gasteiger partial charge on any atom is 0.105 e. The minimum Gasteiger partial charge on any atom is -0.310 e. The van der Waals surface area contributed by atoms with Crippen LogP contribution in [0.25, 0.3) is 0 Å². The van der Waals surface area contributed by atoms with Crippen LogP contribution in [0.3, 0.4) is 0 Å². The van der Waals surface area contributed by atoms with E-state index < -0.39 is 0 Å². The summed E-state index contributed by atoms with van der Waals surface area (Å²) < 4.78 is 0. The van der Waals surface area contributed by atoms with Gasteiger partial charge in [-0.3, -0.25) is 0 Å².